The van der Waals surface area contributed by atoms with Crippen LogP contribution < -0.4 is 0 Å². The fraction of sp³-hybridized carbons (Fsp3) is 0. The summed E-state index contributed by atoms with van der Waals surface area (Å²) < 4.78 is 8.30. The number of hydrogen-bond acceptors (Lipinski definition) is 1. The van der Waals surface area contributed by atoms with Gasteiger partial charge >= 0.3 is 96.0 Å². The maximum Gasteiger partial charge on any atom is 0 e. The van der Waals surface area contributed by atoms with Gasteiger partial charge in [0.05, 0.1) is 0 Å². The Morgan fingerprint density at radius 1 is 1.20 bits per heavy atom. The summed E-state index contributed by atoms with van der Waals surface area (Å²) in [6.45, 7) is 0. The second-order valence-electron chi connectivity index (χ2n) is 0. The molecule has 0 spiro atoms. The van der Waals surface area contributed by atoms with Gasteiger partial charge in [-0.3, -0.25) is 0 Å². The van der Waals surface area contributed by atoms with Crippen molar-refractivity contribution in [1.29, 1.82) is 0 Å². The van der Waals surface area contributed by atoms with E-state index in [2.05, 4.69) is 0 Å². The molecule has 5 heteroatoms. The van der Waals surface area contributed by atoms with Crippen LogP contribution >= 0.6 is 0 Å². The van der Waals surface area contributed by atoms with Crippen molar-refractivity contribution in [2.24, 2.45) is 0 Å². The minimum Gasteiger partial charge on any atom is 0 e. The van der Waals surface area contributed by atoms with Gasteiger partial charge in [-0.1, -0.05) is 0 Å². The minimum atomic E-state index is 0. The van der Waals surface area contributed by atoms with Crippen molar-refractivity contribution in [2.45, 2.75) is 0 Å². The zero-order chi connectivity index (χ0) is 2.00. The molecule has 28 valence electrons. The first-order valence-electron chi connectivity index (χ1n) is 0.183. The van der Waals surface area contributed by atoms with E-state index in [1.54, 1.807) is 0 Å². The third kappa shape index (κ3) is 18.3. The third-order valence-electron chi connectivity index (χ3n) is 0. The van der Waals surface area contributed by atoms with Crippen LogP contribution in [-0.4, -0.2) is 71.7 Å². The molecular weight excluding hydrogens is 586 g/mol. The van der Waals surface area contributed by atoms with Crippen LogP contribution in [0, 0.1) is 0 Å². The molecule has 0 aromatic rings. The Morgan fingerprint density at radius 3 is 1.20 bits per heavy atom. The van der Waals surface area contributed by atoms with Crippen LogP contribution in [0.4, 0.5) is 0 Å². The van der Waals surface area contributed by atoms with Gasteiger partial charge in [-0.05, 0) is 0 Å². The van der Waals surface area contributed by atoms with Crippen molar-refractivity contribution in [1.82, 2.24) is 0 Å². The molecule has 0 aliphatic heterocycles. The van der Waals surface area contributed by atoms with Gasteiger partial charge < -0.3 is 0 Å². The molecule has 0 aromatic heterocycles. The van der Waals surface area contributed by atoms with Gasteiger partial charge in [0.25, 0.3) is 0 Å². The molecule has 0 aliphatic carbocycles. The van der Waals surface area contributed by atoms with Crippen LogP contribution in [0.2, 0.25) is 0 Å². The number of hydrogen-bond donors (Lipinski definition) is 0. The zero-order valence-electron chi connectivity index (χ0n) is 2.01. The Bertz CT molecular complexity index is 11.6. The molecule has 1 radical (unpaired) electrons. The molecule has 0 atom stereocenters. The maximum atomic E-state index is 8.30. The molecule has 0 saturated carbocycles. The fourth-order valence-electron chi connectivity index (χ4n) is 0. The second-order valence-corrected chi connectivity index (χ2v) is 0. The van der Waals surface area contributed by atoms with E-state index in [4.69, 9.17) is 3.25 Å². The number of rotatable bonds is 0. The van der Waals surface area contributed by atoms with Crippen LogP contribution in [0.5, 0.6) is 0 Å². The van der Waals surface area contributed by atoms with Crippen LogP contribution in [0.25, 0.3) is 0 Å². The van der Waals surface area contributed by atoms with Crippen molar-refractivity contribution >= 4 is 71.7 Å². The van der Waals surface area contributed by atoms with E-state index in [-0.39, 0.29) is 94.1 Å². The van der Waals surface area contributed by atoms with Gasteiger partial charge in [0.15, 0.2) is 0 Å². The molecule has 0 N–H and O–H groups in total. The summed E-state index contributed by atoms with van der Waals surface area (Å²) in [5, 5.41) is 0. The molecule has 0 aliphatic rings. The van der Waals surface area contributed by atoms with Gasteiger partial charge in [-0.25, -0.2) is 0 Å². The predicted molar refractivity (Wildman–Crippen MR) is 19.2 cm³/mol. The smallest absolute Gasteiger partial charge is 0 e. The molecule has 1 nitrogen and oxygen atoms in total. The van der Waals surface area contributed by atoms with E-state index in [0.29, 0.717) is 21.0 Å². The van der Waals surface area contributed by atoms with Gasteiger partial charge in [0, 0.05) is 22.4 Å². The molecule has 0 bridgehead atoms. The summed E-state index contributed by atoms with van der Waals surface area (Å²) in [7, 11) is 0. The average Bonchev–Trinajstić information content (AvgIpc) is 1.00. The zero-order valence-corrected chi connectivity index (χ0v) is 12.9. The Kier molecular flexibility index (Phi) is 119. The molecule has 0 rings (SSSR count). The summed E-state index contributed by atoms with van der Waals surface area (Å²) >= 11 is 0.500. The van der Waals surface area contributed by atoms with Gasteiger partial charge in [0.2, 0.25) is 0 Å². The van der Waals surface area contributed by atoms with Gasteiger partial charge in [-0.15, -0.1) is 0 Å². The molecule has 0 saturated heterocycles. The van der Waals surface area contributed by atoms with E-state index in [0.717, 1.165) is 0 Å². The summed E-state index contributed by atoms with van der Waals surface area (Å²) in [4.78, 5) is 0. The molecule has 0 unspecified atom stereocenters. The van der Waals surface area contributed by atoms with Crippen molar-refractivity contribution in [3.63, 3.8) is 0 Å². The van der Waals surface area contributed by atoms with Crippen molar-refractivity contribution in [3.8, 4) is 0 Å². The topological polar surface area (TPSA) is 17.1 Å². The van der Waals surface area contributed by atoms with Crippen molar-refractivity contribution < 1.29 is 46.7 Å². The standard InChI is InChI=1S/Bi.Nb.O.Sr.Ta.5H. The quantitative estimate of drug-likeness (QED) is 0.292. The minimum absolute atomic E-state index is 0. The average molecular weight is 591 g/mol. The van der Waals surface area contributed by atoms with Crippen LogP contribution in [0.3, 0.4) is 0 Å². The maximum absolute atomic E-state index is 8.30. The second kappa shape index (κ2) is 25.4. The van der Waals surface area contributed by atoms with E-state index in [9.17, 15) is 0 Å². The monoisotopic (exact) mass is 592 g/mol. The third-order valence-corrected chi connectivity index (χ3v) is 0. The van der Waals surface area contributed by atoms with Gasteiger partial charge in [-0.2, -0.15) is 0 Å². The Balaban J connectivity index is -0.00000000167. The van der Waals surface area contributed by atoms with Crippen LogP contribution in [0.1, 0.15) is 0 Å². The molecule has 0 fully saturated rings. The molecule has 0 aromatic carbocycles. The van der Waals surface area contributed by atoms with Crippen molar-refractivity contribution in [3.05, 3.63) is 0 Å². The van der Waals surface area contributed by atoms with Crippen molar-refractivity contribution in [2.75, 3.05) is 0 Å². The normalized spacial score (nSPS) is 0.600. The van der Waals surface area contributed by atoms with Gasteiger partial charge in [0.1, 0.15) is 0 Å². The molecule has 5 heavy (non-hydrogen) atoms. The first kappa shape index (κ1) is 23.4. The largest absolute Gasteiger partial charge is 0 e. The van der Waals surface area contributed by atoms with Crippen LogP contribution in [0.15, 0.2) is 0 Å². The first-order valence-corrected chi connectivity index (χ1v) is 1.08. The summed E-state index contributed by atoms with van der Waals surface area (Å²) in [5.74, 6) is 0. The fourth-order valence-corrected chi connectivity index (χ4v) is 0. The summed E-state index contributed by atoms with van der Waals surface area (Å²) in [6.07, 6.45) is 0. The van der Waals surface area contributed by atoms with E-state index >= 15 is 0 Å². The Hall–Kier alpha value is 3.64. The summed E-state index contributed by atoms with van der Waals surface area (Å²) in [5.41, 5.74) is 0. The predicted octanol–water partition coefficient (Wildman–Crippen LogP) is -2.22. The SMILES string of the molecule is [BiH3].[O]=[Nb].[SrH2].[Ta]. The molecular formula is H5BiNbOSrTa. The molecule has 0 amide bonds. The Labute approximate surface area is 115 Å². The van der Waals surface area contributed by atoms with E-state index < -0.39 is 0 Å². The summed E-state index contributed by atoms with van der Waals surface area (Å²) in [6, 6.07) is 0. The van der Waals surface area contributed by atoms with Crippen LogP contribution in [-0.2, 0) is 46.7 Å². The molecule has 0 heterocycles. The first-order chi connectivity index (χ1) is 1.00. The van der Waals surface area contributed by atoms with E-state index in [1.165, 1.54) is 0 Å². The Morgan fingerprint density at radius 2 is 1.20 bits per heavy atom. The van der Waals surface area contributed by atoms with E-state index in [1.807, 2.05) is 0 Å².